The molecule has 0 amide bonds. The Balaban J connectivity index is 2.34. The van der Waals surface area contributed by atoms with Gasteiger partial charge in [-0.25, -0.2) is 0 Å². The highest BCUT2D eigenvalue weighted by Crippen LogP contribution is 2.04. The van der Waals surface area contributed by atoms with Gasteiger partial charge in [0.1, 0.15) is 6.23 Å². The van der Waals surface area contributed by atoms with E-state index in [0.29, 0.717) is 6.61 Å². The zero-order chi connectivity index (χ0) is 10.4. The molecule has 14 heavy (non-hydrogen) atoms. The third-order valence-corrected chi connectivity index (χ3v) is 2.45. The van der Waals surface area contributed by atoms with E-state index in [0.717, 1.165) is 6.54 Å². The van der Waals surface area contributed by atoms with Gasteiger partial charge in [-0.1, -0.05) is 37.3 Å². The molecule has 0 aliphatic carbocycles. The van der Waals surface area contributed by atoms with Crippen LogP contribution in [0.1, 0.15) is 19.4 Å². The predicted molar refractivity (Wildman–Crippen MR) is 59.0 cm³/mol. The molecule has 0 fully saturated rings. The van der Waals surface area contributed by atoms with Crippen molar-refractivity contribution in [2.45, 2.75) is 26.7 Å². The molecular formula is C12H19NO. The second-order valence-corrected chi connectivity index (χ2v) is 3.47. The van der Waals surface area contributed by atoms with Crippen molar-refractivity contribution in [1.82, 2.24) is 4.90 Å². The molecular weight excluding hydrogens is 174 g/mol. The fourth-order valence-electron chi connectivity index (χ4n) is 1.18. The summed E-state index contributed by atoms with van der Waals surface area (Å²) in [7, 11) is 2.07. The summed E-state index contributed by atoms with van der Waals surface area (Å²) in [6.45, 7) is 5.90. The van der Waals surface area contributed by atoms with Crippen molar-refractivity contribution < 1.29 is 4.74 Å². The summed E-state index contributed by atoms with van der Waals surface area (Å²) in [5.74, 6) is 0. The summed E-state index contributed by atoms with van der Waals surface area (Å²) in [5.41, 5.74) is 1.23. The quantitative estimate of drug-likeness (QED) is 0.666. The fourth-order valence-corrected chi connectivity index (χ4v) is 1.18. The predicted octanol–water partition coefficient (Wildman–Crippen LogP) is 2.50. The monoisotopic (exact) mass is 193 g/mol. The van der Waals surface area contributed by atoms with E-state index in [1.807, 2.05) is 18.2 Å². The van der Waals surface area contributed by atoms with Crippen LogP contribution in [0.3, 0.4) is 0 Å². The van der Waals surface area contributed by atoms with Crippen molar-refractivity contribution in [2.24, 2.45) is 0 Å². The van der Waals surface area contributed by atoms with Crippen LogP contribution in [0.2, 0.25) is 0 Å². The first-order valence-electron chi connectivity index (χ1n) is 5.09. The van der Waals surface area contributed by atoms with Crippen molar-refractivity contribution in [2.75, 3.05) is 13.6 Å². The summed E-state index contributed by atoms with van der Waals surface area (Å²) in [6, 6.07) is 10.3. The maximum atomic E-state index is 5.71. The van der Waals surface area contributed by atoms with Gasteiger partial charge in [-0.05, 0) is 26.1 Å². The maximum Gasteiger partial charge on any atom is 0.107 e. The first-order chi connectivity index (χ1) is 6.74. The summed E-state index contributed by atoms with van der Waals surface area (Å²) in [5, 5.41) is 0. The molecule has 0 N–H and O–H groups in total. The molecule has 1 aromatic carbocycles. The normalized spacial score (nSPS) is 13.1. The minimum absolute atomic E-state index is 0.181. The molecule has 0 aliphatic rings. The molecule has 2 nitrogen and oxygen atoms in total. The highest BCUT2D eigenvalue weighted by molar-refractivity contribution is 5.13. The molecule has 1 atom stereocenters. The van der Waals surface area contributed by atoms with Gasteiger partial charge in [0.05, 0.1) is 6.61 Å². The summed E-state index contributed by atoms with van der Waals surface area (Å²) < 4.78 is 5.71. The van der Waals surface area contributed by atoms with Crippen LogP contribution in [0.15, 0.2) is 30.3 Å². The van der Waals surface area contributed by atoms with Crippen LogP contribution < -0.4 is 0 Å². The molecule has 0 saturated carbocycles. The Hall–Kier alpha value is -0.860. The van der Waals surface area contributed by atoms with Crippen LogP contribution in [0.4, 0.5) is 0 Å². The molecule has 0 aliphatic heterocycles. The average Bonchev–Trinajstić information content (AvgIpc) is 2.26. The molecule has 1 rings (SSSR count). The molecule has 0 heterocycles. The Morgan fingerprint density at radius 1 is 1.29 bits per heavy atom. The van der Waals surface area contributed by atoms with Gasteiger partial charge < -0.3 is 4.74 Å². The second kappa shape index (κ2) is 5.78. The lowest BCUT2D eigenvalue weighted by Gasteiger charge is -2.23. The Bertz CT molecular complexity index is 248. The summed E-state index contributed by atoms with van der Waals surface area (Å²) in [4.78, 5) is 2.17. The maximum absolute atomic E-state index is 5.71. The minimum Gasteiger partial charge on any atom is -0.359 e. The molecule has 0 bridgehead atoms. The van der Waals surface area contributed by atoms with Crippen LogP contribution in [-0.2, 0) is 11.3 Å². The molecule has 0 saturated heterocycles. The molecule has 1 aromatic rings. The number of ether oxygens (including phenoxy) is 1. The third kappa shape index (κ3) is 3.48. The van der Waals surface area contributed by atoms with E-state index in [4.69, 9.17) is 4.74 Å². The molecule has 78 valence electrons. The van der Waals surface area contributed by atoms with E-state index in [1.165, 1.54) is 5.56 Å². The third-order valence-electron chi connectivity index (χ3n) is 2.45. The topological polar surface area (TPSA) is 12.5 Å². The van der Waals surface area contributed by atoms with E-state index in [2.05, 4.69) is 37.9 Å². The van der Waals surface area contributed by atoms with Crippen molar-refractivity contribution in [1.29, 1.82) is 0 Å². The van der Waals surface area contributed by atoms with Crippen molar-refractivity contribution >= 4 is 0 Å². The van der Waals surface area contributed by atoms with Gasteiger partial charge in [-0.2, -0.15) is 0 Å². The minimum atomic E-state index is 0.181. The van der Waals surface area contributed by atoms with Gasteiger partial charge in [0.15, 0.2) is 0 Å². The molecule has 0 spiro atoms. The van der Waals surface area contributed by atoms with Gasteiger partial charge in [-0.3, -0.25) is 4.90 Å². The smallest absolute Gasteiger partial charge is 0.107 e. The van der Waals surface area contributed by atoms with E-state index in [-0.39, 0.29) is 6.23 Å². The van der Waals surface area contributed by atoms with Crippen LogP contribution in [0.5, 0.6) is 0 Å². The molecule has 1 unspecified atom stereocenters. The van der Waals surface area contributed by atoms with E-state index >= 15 is 0 Å². The first-order valence-corrected chi connectivity index (χ1v) is 5.09. The van der Waals surface area contributed by atoms with Crippen LogP contribution in [0.25, 0.3) is 0 Å². The van der Waals surface area contributed by atoms with Crippen LogP contribution >= 0.6 is 0 Å². The first kappa shape index (κ1) is 11.2. The summed E-state index contributed by atoms with van der Waals surface area (Å²) >= 11 is 0. The lowest BCUT2D eigenvalue weighted by Crippen LogP contribution is -2.30. The Labute approximate surface area is 86.5 Å². The van der Waals surface area contributed by atoms with E-state index < -0.39 is 0 Å². The fraction of sp³-hybridized carbons (Fsp3) is 0.500. The molecule has 0 aromatic heterocycles. The van der Waals surface area contributed by atoms with Gasteiger partial charge in [-0.15, -0.1) is 0 Å². The van der Waals surface area contributed by atoms with E-state index in [1.54, 1.807) is 0 Å². The number of rotatable bonds is 5. The largest absolute Gasteiger partial charge is 0.359 e. The number of nitrogens with zero attached hydrogens (tertiary/aromatic N) is 1. The van der Waals surface area contributed by atoms with Crippen molar-refractivity contribution in [3.8, 4) is 0 Å². The van der Waals surface area contributed by atoms with E-state index in [9.17, 15) is 0 Å². The Morgan fingerprint density at radius 3 is 2.50 bits per heavy atom. The Morgan fingerprint density at radius 2 is 1.93 bits per heavy atom. The Kier molecular flexibility index (Phi) is 4.63. The van der Waals surface area contributed by atoms with Crippen molar-refractivity contribution in [3.05, 3.63) is 35.9 Å². The lowest BCUT2D eigenvalue weighted by atomic mass is 10.2. The van der Waals surface area contributed by atoms with Crippen molar-refractivity contribution in [3.63, 3.8) is 0 Å². The molecule has 0 radical (unpaired) electrons. The van der Waals surface area contributed by atoms with Gasteiger partial charge >= 0.3 is 0 Å². The SMILES string of the molecule is CCN(C)C(C)OCc1ccccc1. The van der Waals surface area contributed by atoms with Gasteiger partial charge in [0.25, 0.3) is 0 Å². The van der Waals surface area contributed by atoms with Crippen LogP contribution in [-0.4, -0.2) is 24.7 Å². The number of hydrogen-bond acceptors (Lipinski definition) is 2. The highest BCUT2D eigenvalue weighted by Gasteiger charge is 2.06. The number of hydrogen-bond donors (Lipinski definition) is 0. The highest BCUT2D eigenvalue weighted by atomic mass is 16.5. The van der Waals surface area contributed by atoms with Gasteiger partial charge in [0, 0.05) is 0 Å². The summed E-state index contributed by atoms with van der Waals surface area (Å²) in [6.07, 6.45) is 0.181. The van der Waals surface area contributed by atoms with Gasteiger partial charge in [0.2, 0.25) is 0 Å². The molecule has 2 heteroatoms. The second-order valence-electron chi connectivity index (χ2n) is 3.47. The zero-order valence-electron chi connectivity index (χ0n) is 9.23. The van der Waals surface area contributed by atoms with Crippen LogP contribution in [0, 0.1) is 0 Å². The lowest BCUT2D eigenvalue weighted by molar-refractivity contribution is -0.0422. The zero-order valence-corrected chi connectivity index (χ0v) is 9.23. The standard InChI is InChI=1S/C12H19NO/c1-4-13(3)11(2)14-10-12-8-6-5-7-9-12/h5-9,11H,4,10H2,1-3H3. The number of benzene rings is 1. The average molecular weight is 193 g/mol.